The summed E-state index contributed by atoms with van der Waals surface area (Å²) >= 11 is 2.71. The zero-order valence-electron chi connectivity index (χ0n) is 14.6. The van der Waals surface area contributed by atoms with Gasteiger partial charge in [-0.25, -0.2) is 0 Å². The monoisotopic (exact) mass is 415 g/mol. The Hall–Kier alpha value is -1.51. The molecule has 1 saturated heterocycles. The summed E-state index contributed by atoms with van der Waals surface area (Å²) in [5.74, 6) is 0.000625. The molecular formula is C19H20F3NO2S2. The molecule has 1 aromatic carbocycles. The largest absolute Gasteiger partial charge is 0.416 e. The fraction of sp³-hybridized carbons (Fsp3) is 0.421. The highest BCUT2D eigenvalue weighted by Gasteiger charge is 2.30. The van der Waals surface area contributed by atoms with Crippen LogP contribution in [0.4, 0.5) is 13.2 Å². The van der Waals surface area contributed by atoms with Crippen molar-refractivity contribution in [1.29, 1.82) is 0 Å². The lowest BCUT2D eigenvalue weighted by Crippen LogP contribution is -2.37. The number of carbonyl (C=O) groups excluding carboxylic acids is 1. The molecule has 3 nitrogen and oxygen atoms in total. The van der Waals surface area contributed by atoms with Crippen LogP contribution in [0.5, 0.6) is 0 Å². The molecule has 2 heterocycles. The Morgan fingerprint density at radius 3 is 2.81 bits per heavy atom. The zero-order valence-corrected chi connectivity index (χ0v) is 16.2. The summed E-state index contributed by atoms with van der Waals surface area (Å²) in [6, 6.07) is 8.99. The molecule has 0 aliphatic carbocycles. The van der Waals surface area contributed by atoms with Crippen LogP contribution in [0, 0.1) is 0 Å². The molecule has 3 rings (SSSR count). The van der Waals surface area contributed by atoms with E-state index in [-0.39, 0.29) is 17.8 Å². The van der Waals surface area contributed by atoms with E-state index in [9.17, 15) is 18.0 Å². The van der Waals surface area contributed by atoms with Crippen LogP contribution in [0.2, 0.25) is 0 Å². The molecule has 0 bridgehead atoms. The first-order valence-electron chi connectivity index (χ1n) is 8.63. The van der Waals surface area contributed by atoms with Gasteiger partial charge in [-0.1, -0.05) is 12.1 Å². The SMILES string of the molecule is O=C(CSc1cccc(C(F)(F)F)c1)N(Cc1cccs1)CC1CCCO1. The zero-order chi connectivity index (χ0) is 19.3. The first kappa shape index (κ1) is 20.2. The number of alkyl halides is 3. The van der Waals surface area contributed by atoms with Crippen molar-refractivity contribution in [3.63, 3.8) is 0 Å². The van der Waals surface area contributed by atoms with E-state index in [1.54, 1.807) is 22.3 Å². The molecule has 27 heavy (non-hydrogen) atoms. The second-order valence-corrected chi connectivity index (χ2v) is 8.38. The maximum atomic E-state index is 12.8. The third kappa shape index (κ3) is 5.99. The van der Waals surface area contributed by atoms with Gasteiger partial charge in [0.05, 0.1) is 24.0 Å². The number of amides is 1. The molecule has 1 atom stereocenters. The summed E-state index contributed by atoms with van der Waals surface area (Å²) in [6.45, 7) is 1.73. The maximum Gasteiger partial charge on any atom is 0.416 e. The standard InChI is InChI=1S/C19H20F3NO2S2/c20-19(21,22)14-4-1-6-16(10-14)27-13-18(24)23(11-15-5-2-8-25-15)12-17-7-3-9-26-17/h1,3-4,6-7,9-10,15H,2,5,8,11-13H2. The summed E-state index contributed by atoms with van der Waals surface area (Å²) in [5, 5.41) is 1.96. The minimum atomic E-state index is -4.38. The minimum absolute atomic E-state index is 0.0347. The van der Waals surface area contributed by atoms with Crippen molar-refractivity contribution in [3.8, 4) is 0 Å². The highest BCUT2D eigenvalue weighted by molar-refractivity contribution is 8.00. The smallest absolute Gasteiger partial charge is 0.376 e. The van der Waals surface area contributed by atoms with Gasteiger partial charge in [-0.05, 0) is 42.5 Å². The molecule has 1 unspecified atom stereocenters. The average molecular weight is 416 g/mol. The van der Waals surface area contributed by atoms with E-state index in [0.717, 1.165) is 41.6 Å². The number of rotatable bonds is 7. The molecular weight excluding hydrogens is 395 g/mol. The van der Waals surface area contributed by atoms with Crippen molar-refractivity contribution >= 4 is 29.0 Å². The molecule has 1 aromatic heterocycles. The summed E-state index contributed by atoms with van der Waals surface area (Å²) in [5.41, 5.74) is -0.699. The van der Waals surface area contributed by atoms with Gasteiger partial charge in [-0.15, -0.1) is 23.1 Å². The van der Waals surface area contributed by atoms with Crippen molar-refractivity contribution in [2.24, 2.45) is 0 Å². The lowest BCUT2D eigenvalue weighted by atomic mass is 10.2. The Morgan fingerprint density at radius 2 is 2.15 bits per heavy atom. The maximum absolute atomic E-state index is 12.8. The van der Waals surface area contributed by atoms with E-state index >= 15 is 0 Å². The lowest BCUT2D eigenvalue weighted by molar-refractivity contribution is -0.137. The molecule has 8 heteroatoms. The Kier molecular flexibility index (Phi) is 6.83. The number of nitrogens with zero attached hydrogens (tertiary/aromatic N) is 1. The van der Waals surface area contributed by atoms with Crippen LogP contribution in [0.3, 0.4) is 0 Å². The first-order chi connectivity index (χ1) is 12.9. The normalized spacial score (nSPS) is 17.2. The topological polar surface area (TPSA) is 29.5 Å². The summed E-state index contributed by atoms with van der Waals surface area (Å²) in [4.78, 5) is 16.0. The summed E-state index contributed by atoms with van der Waals surface area (Å²) in [6.07, 6.45) is -2.43. The van der Waals surface area contributed by atoms with Crippen LogP contribution in [-0.4, -0.2) is 35.8 Å². The van der Waals surface area contributed by atoms with Gasteiger partial charge in [0.25, 0.3) is 0 Å². The van der Waals surface area contributed by atoms with Crippen molar-refractivity contribution in [1.82, 2.24) is 4.90 Å². The molecule has 146 valence electrons. The number of ether oxygens (including phenoxy) is 1. The van der Waals surface area contributed by atoms with E-state index in [4.69, 9.17) is 4.74 Å². The summed E-state index contributed by atoms with van der Waals surface area (Å²) in [7, 11) is 0. The predicted molar refractivity (Wildman–Crippen MR) is 101 cm³/mol. The molecule has 1 aliphatic heterocycles. The molecule has 1 aliphatic rings. The third-order valence-corrected chi connectivity index (χ3v) is 6.09. The number of carbonyl (C=O) groups is 1. The van der Waals surface area contributed by atoms with Gasteiger partial charge in [-0.3, -0.25) is 4.79 Å². The van der Waals surface area contributed by atoms with Gasteiger partial charge in [0, 0.05) is 22.9 Å². The van der Waals surface area contributed by atoms with Gasteiger partial charge < -0.3 is 9.64 Å². The summed E-state index contributed by atoms with van der Waals surface area (Å²) < 4.78 is 44.2. The molecule has 0 saturated carbocycles. The molecule has 0 N–H and O–H groups in total. The molecule has 2 aromatic rings. The minimum Gasteiger partial charge on any atom is -0.376 e. The molecule has 0 radical (unpaired) electrons. The van der Waals surface area contributed by atoms with E-state index in [0.29, 0.717) is 24.6 Å². The van der Waals surface area contributed by atoms with Crippen LogP contribution in [0.15, 0.2) is 46.7 Å². The van der Waals surface area contributed by atoms with Crippen molar-refractivity contribution in [2.75, 3.05) is 18.9 Å². The predicted octanol–water partition coefficient (Wildman–Crippen LogP) is 5.07. The number of hydrogen-bond donors (Lipinski definition) is 0. The fourth-order valence-corrected chi connectivity index (χ4v) is 4.46. The second-order valence-electron chi connectivity index (χ2n) is 6.30. The van der Waals surface area contributed by atoms with Crippen LogP contribution in [-0.2, 0) is 22.3 Å². The number of halogens is 3. The number of hydrogen-bond acceptors (Lipinski definition) is 4. The van der Waals surface area contributed by atoms with E-state index in [1.165, 1.54) is 6.07 Å². The molecule has 1 amide bonds. The fourth-order valence-electron chi connectivity index (χ4n) is 2.88. The van der Waals surface area contributed by atoms with Crippen LogP contribution >= 0.6 is 23.1 Å². The van der Waals surface area contributed by atoms with Gasteiger partial charge in [0.1, 0.15) is 0 Å². The van der Waals surface area contributed by atoms with Gasteiger partial charge in [0.2, 0.25) is 5.91 Å². The molecule has 0 spiro atoms. The van der Waals surface area contributed by atoms with Gasteiger partial charge >= 0.3 is 6.18 Å². The van der Waals surface area contributed by atoms with Crippen LogP contribution in [0.1, 0.15) is 23.3 Å². The van der Waals surface area contributed by atoms with Crippen LogP contribution < -0.4 is 0 Å². The highest BCUT2D eigenvalue weighted by atomic mass is 32.2. The number of thioether (sulfide) groups is 1. The molecule has 1 fully saturated rings. The Bertz CT molecular complexity index is 744. The number of benzene rings is 1. The quantitative estimate of drug-likeness (QED) is 0.592. The Balaban J connectivity index is 1.63. The Labute approximate surface area is 164 Å². The van der Waals surface area contributed by atoms with E-state index in [1.807, 2.05) is 17.5 Å². The van der Waals surface area contributed by atoms with Gasteiger partial charge in [0.15, 0.2) is 0 Å². The van der Waals surface area contributed by atoms with Crippen molar-refractivity contribution in [3.05, 3.63) is 52.2 Å². The van der Waals surface area contributed by atoms with E-state index < -0.39 is 11.7 Å². The van der Waals surface area contributed by atoms with Crippen LogP contribution in [0.25, 0.3) is 0 Å². The third-order valence-electron chi connectivity index (χ3n) is 4.25. The number of thiophene rings is 1. The average Bonchev–Trinajstić information content (AvgIpc) is 3.33. The lowest BCUT2D eigenvalue weighted by Gasteiger charge is -2.25. The van der Waals surface area contributed by atoms with E-state index in [2.05, 4.69) is 0 Å². The van der Waals surface area contributed by atoms with Gasteiger partial charge in [-0.2, -0.15) is 13.2 Å². The Morgan fingerprint density at radius 1 is 1.30 bits per heavy atom. The first-order valence-corrected chi connectivity index (χ1v) is 10.5. The highest BCUT2D eigenvalue weighted by Crippen LogP contribution is 2.32. The van der Waals surface area contributed by atoms with Crippen molar-refractivity contribution in [2.45, 2.75) is 36.6 Å². The second kappa shape index (κ2) is 9.12. The van der Waals surface area contributed by atoms with Crippen molar-refractivity contribution < 1.29 is 22.7 Å².